The predicted molar refractivity (Wildman–Crippen MR) is 65.7 cm³/mol. The first-order chi connectivity index (χ1) is 8.59. The van der Waals surface area contributed by atoms with Gasteiger partial charge in [-0.2, -0.15) is 0 Å². The van der Waals surface area contributed by atoms with Gasteiger partial charge in [0, 0.05) is 18.9 Å². The van der Waals surface area contributed by atoms with Crippen molar-refractivity contribution in [3.63, 3.8) is 0 Å². The van der Waals surface area contributed by atoms with Gasteiger partial charge in [0.2, 0.25) is 0 Å². The third-order valence-corrected chi connectivity index (χ3v) is 2.55. The van der Waals surface area contributed by atoms with Gasteiger partial charge in [0.05, 0.1) is 5.69 Å². The zero-order chi connectivity index (χ0) is 13.1. The molecule has 0 radical (unpaired) electrons. The van der Waals surface area contributed by atoms with E-state index >= 15 is 0 Å². The molecule has 2 rings (SSSR count). The zero-order valence-electron chi connectivity index (χ0n) is 9.67. The minimum absolute atomic E-state index is 0.0655. The van der Waals surface area contributed by atoms with Crippen LogP contribution < -0.4 is 4.90 Å². The Bertz CT molecular complexity index is 587. The van der Waals surface area contributed by atoms with Crippen LogP contribution in [-0.4, -0.2) is 23.1 Å². The molecule has 0 atom stereocenters. The van der Waals surface area contributed by atoms with Crippen molar-refractivity contribution in [3.05, 3.63) is 54.1 Å². The molecule has 0 fully saturated rings. The van der Waals surface area contributed by atoms with E-state index < -0.39 is 5.97 Å². The molecule has 5 heteroatoms. The van der Waals surface area contributed by atoms with Crippen LogP contribution >= 0.6 is 0 Å². The van der Waals surface area contributed by atoms with Gasteiger partial charge >= 0.3 is 5.97 Å². The summed E-state index contributed by atoms with van der Waals surface area (Å²) in [6.45, 7) is 0. The molecule has 1 heterocycles. The highest BCUT2D eigenvalue weighted by atomic mass is 19.1. The van der Waals surface area contributed by atoms with Gasteiger partial charge in [0.1, 0.15) is 5.82 Å². The summed E-state index contributed by atoms with van der Waals surface area (Å²) in [6, 6.07) is 9.19. The van der Waals surface area contributed by atoms with Crippen molar-refractivity contribution >= 4 is 17.3 Å². The van der Waals surface area contributed by atoms with Crippen molar-refractivity contribution in [2.24, 2.45) is 0 Å². The maximum atomic E-state index is 13.1. The maximum absolute atomic E-state index is 13.1. The fourth-order valence-corrected chi connectivity index (χ4v) is 1.66. The highest BCUT2D eigenvalue weighted by molar-refractivity contribution is 5.93. The smallest absolute Gasteiger partial charge is 0.356 e. The van der Waals surface area contributed by atoms with Crippen molar-refractivity contribution in [3.8, 4) is 0 Å². The van der Waals surface area contributed by atoms with E-state index in [9.17, 15) is 9.18 Å². The summed E-state index contributed by atoms with van der Waals surface area (Å²) in [4.78, 5) is 16.5. The minimum Gasteiger partial charge on any atom is -0.476 e. The molecule has 4 nitrogen and oxygen atoms in total. The molecular weight excluding hydrogens is 235 g/mol. The van der Waals surface area contributed by atoms with Gasteiger partial charge in [-0.05, 0) is 30.3 Å². The van der Waals surface area contributed by atoms with E-state index in [0.717, 1.165) is 0 Å². The average molecular weight is 246 g/mol. The number of aromatic carboxylic acids is 1. The lowest BCUT2D eigenvalue weighted by molar-refractivity contribution is 0.0691. The number of halogens is 1. The third-order valence-electron chi connectivity index (χ3n) is 2.55. The number of nitrogens with zero attached hydrogens (tertiary/aromatic N) is 2. The Morgan fingerprint density at radius 3 is 2.78 bits per heavy atom. The maximum Gasteiger partial charge on any atom is 0.356 e. The third kappa shape index (κ3) is 2.29. The molecular formula is C13H11FN2O2. The molecule has 0 amide bonds. The van der Waals surface area contributed by atoms with Gasteiger partial charge in [-0.3, -0.25) is 0 Å². The Morgan fingerprint density at radius 2 is 2.11 bits per heavy atom. The summed E-state index contributed by atoms with van der Waals surface area (Å²) in [5.74, 6) is -1.49. The fourth-order valence-electron chi connectivity index (χ4n) is 1.66. The van der Waals surface area contributed by atoms with E-state index in [1.165, 1.54) is 18.3 Å². The molecule has 1 N–H and O–H groups in total. The number of carboxylic acid groups (broad SMARTS) is 1. The zero-order valence-corrected chi connectivity index (χ0v) is 9.67. The SMILES string of the molecule is CN(c1cccc(F)c1)c1cccnc1C(=O)O. The second-order valence-electron chi connectivity index (χ2n) is 3.72. The summed E-state index contributed by atoms with van der Waals surface area (Å²) in [5, 5.41) is 9.05. The standard InChI is InChI=1S/C13H11FN2O2/c1-16(10-5-2-4-9(14)8-10)11-6-3-7-15-12(11)13(17)18/h2-8H,1H3,(H,17,18). The van der Waals surface area contributed by atoms with Gasteiger partial charge in [0.25, 0.3) is 0 Å². The molecule has 2 aromatic rings. The fraction of sp³-hybridized carbons (Fsp3) is 0.0769. The summed E-state index contributed by atoms with van der Waals surface area (Å²) < 4.78 is 13.1. The Kier molecular flexibility index (Phi) is 3.23. The lowest BCUT2D eigenvalue weighted by Crippen LogP contribution is -2.15. The lowest BCUT2D eigenvalue weighted by Gasteiger charge is -2.20. The number of carboxylic acids is 1. The average Bonchev–Trinajstić information content (AvgIpc) is 2.38. The number of benzene rings is 1. The molecule has 18 heavy (non-hydrogen) atoms. The van der Waals surface area contributed by atoms with E-state index in [1.54, 1.807) is 36.2 Å². The number of hydrogen-bond donors (Lipinski definition) is 1. The van der Waals surface area contributed by atoms with E-state index in [1.807, 2.05) is 0 Å². The monoisotopic (exact) mass is 246 g/mol. The van der Waals surface area contributed by atoms with Crippen LogP contribution in [0.15, 0.2) is 42.6 Å². The largest absolute Gasteiger partial charge is 0.476 e. The van der Waals surface area contributed by atoms with Crippen molar-refractivity contribution in [1.29, 1.82) is 0 Å². The van der Waals surface area contributed by atoms with Crippen LogP contribution in [0.4, 0.5) is 15.8 Å². The molecule has 0 spiro atoms. The Balaban J connectivity index is 2.46. The van der Waals surface area contributed by atoms with Crippen LogP contribution in [0.3, 0.4) is 0 Å². The van der Waals surface area contributed by atoms with Crippen molar-refractivity contribution in [2.75, 3.05) is 11.9 Å². The normalized spacial score (nSPS) is 10.1. The quantitative estimate of drug-likeness (QED) is 0.904. The molecule has 1 aromatic heterocycles. The van der Waals surface area contributed by atoms with Crippen molar-refractivity contribution in [2.45, 2.75) is 0 Å². The number of rotatable bonds is 3. The molecule has 0 aliphatic carbocycles. The lowest BCUT2D eigenvalue weighted by atomic mass is 10.2. The highest BCUT2D eigenvalue weighted by Crippen LogP contribution is 2.26. The first kappa shape index (κ1) is 12.0. The highest BCUT2D eigenvalue weighted by Gasteiger charge is 2.15. The van der Waals surface area contributed by atoms with E-state index in [-0.39, 0.29) is 11.5 Å². The second kappa shape index (κ2) is 4.83. The summed E-state index contributed by atoms with van der Waals surface area (Å²) in [7, 11) is 1.66. The summed E-state index contributed by atoms with van der Waals surface area (Å²) >= 11 is 0. The van der Waals surface area contributed by atoms with Gasteiger partial charge in [-0.25, -0.2) is 14.2 Å². The van der Waals surface area contributed by atoms with Crippen LogP contribution in [0.2, 0.25) is 0 Å². The number of aromatic nitrogens is 1. The van der Waals surface area contributed by atoms with Gasteiger partial charge < -0.3 is 10.0 Å². The van der Waals surface area contributed by atoms with Crippen molar-refractivity contribution in [1.82, 2.24) is 4.98 Å². The summed E-state index contributed by atoms with van der Waals surface area (Å²) in [6.07, 6.45) is 1.41. The second-order valence-corrected chi connectivity index (χ2v) is 3.72. The topological polar surface area (TPSA) is 53.4 Å². The molecule has 92 valence electrons. The molecule has 0 unspecified atom stereocenters. The van der Waals surface area contributed by atoms with Crippen LogP contribution in [0, 0.1) is 5.82 Å². The first-order valence-electron chi connectivity index (χ1n) is 5.27. The van der Waals surface area contributed by atoms with E-state index in [4.69, 9.17) is 5.11 Å². The van der Waals surface area contributed by atoms with Crippen LogP contribution in [0.1, 0.15) is 10.5 Å². The van der Waals surface area contributed by atoms with Crippen LogP contribution in [0.25, 0.3) is 0 Å². The number of anilines is 2. The van der Waals surface area contributed by atoms with Gasteiger partial charge in [-0.1, -0.05) is 6.07 Å². The minimum atomic E-state index is -1.12. The van der Waals surface area contributed by atoms with E-state index in [2.05, 4.69) is 4.98 Å². The van der Waals surface area contributed by atoms with Gasteiger partial charge in [0.15, 0.2) is 5.69 Å². The Morgan fingerprint density at radius 1 is 1.33 bits per heavy atom. The molecule has 0 saturated heterocycles. The number of hydrogen-bond acceptors (Lipinski definition) is 3. The van der Waals surface area contributed by atoms with Gasteiger partial charge in [-0.15, -0.1) is 0 Å². The molecule has 0 bridgehead atoms. The molecule has 0 aliphatic rings. The number of carbonyl (C=O) groups is 1. The summed E-state index contributed by atoms with van der Waals surface area (Å²) in [5.41, 5.74) is 0.908. The Hall–Kier alpha value is -2.43. The van der Waals surface area contributed by atoms with Crippen molar-refractivity contribution < 1.29 is 14.3 Å². The first-order valence-corrected chi connectivity index (χ1v) is 5.27. The van der Waals surface area contributed by atoms with E-state index in [0.29, 0.717) is 11.4 Å². The number of pyridine rings is 1. The molecule has 1 aromatic carbocycles. The molecule has 0 aliphatic heterocycles. The predicted octanol–water partition coefficient (Wildman–Crippen LogP) is 2.69. The van der Waals surface area contributed by atoms with Crippen LogP contribution in [0.5, 0.6) is 0 Å². The van der Waals surface area contributed by atoms with Crippen LogP contribution in [-0.2, 0) is 0 Å². The molecule has 0 saturated carbocycles. The Labute approximate surface area is 103 Å².